The van der Waals surface area contributed by atoms with Crippen molar-refractivity contribution in [2.24, 2.45) is 0 Å². The number of piperidine rings is 1. The van der Waals surface area contributed by atoms with Crippen molar-refractivity contribution in [3.63, 3.8) is 0 Å². The van der Waals surface area contributed by atoms with Gasteiger partial charge in [0.15, 0.2) is 0 Å². The average Bonchev–Trinajstić information content (AvgIpc) is 2.54. The molecule has 1 atom stereocenters. The van der Waals surface area contributed by atoms with Crippen molar-refractivity contribution < 1.29 is 9.18 Å². The van der Waals surface area contributed by atoms with Crippen LogP contribution in [0.3, 0.4) is 0 Å². The summed E-state index contributed by atoms with van der Waals surface area (Å²) in [5.41, 5.74) is 1.38. The molecule has 1 saturated heterocycles. The van der Waals surface area contributed by atoms with E-state index in [-0.39, 0.29) is 22.9 Å². The first kappa shape index (κ1) is 16.6. The number of carbonyl (C=O) groups is 1. The second kappa shape index (κ2) is 7.13. The Bertz CT molecular complexity index is 755. The second-order valence-electron chi connectivity index (χ2n) is 5.89. The van der Waals surface area contributed by atoms with Gasteiger partial charge >= 0.3 is 0 Å². The molecule has 0 spiro atoms. The van der Waals surface area contributed by atoms with Gasteiger partial charge in [0.2, 0.25) is 11.2 Å². The minimum atomic E-state index is -0.329. The number of hydrogen-bond donors (Lipinski definition) is 1. The number of nitrogens with one attached hydrogen (secondary N) is 1. The van der Waals surface area contributed by atoms with Gasteiger partial charge in [-0.2, -0.15) is 0 Å². The van der Waals surface area contributed by atoms with Crippen molar-refractivity contribution in [1.82, 2.24) is 14.9 Å². The minimum Gasteiger partial charge on any atom is -0.342 e. The molecule has 0 radical (unpaired) electrons. The normalized spacial score (nSPS) is 17.6. The number of rotatable bonds is 3. The molecule has 2 heterocycles. The van der Waals surface area contributed by atoms with E-state index < -0.39 is 0 Å². The summed E-state index contributed by atoms with van der Waals surface area (Å²) in [6.45, 7) is 2.98. The second-order valence-corrected chi connectivity index (χ2v) is 6.22. The maximum Gasteiger partial charge on any atom is 0.224 e. The molecule has 1 aliphatic rings. The summed E-state index contributed by atoms with van der Waals surface area (Å²) in [6, 6.07) is 7.94. The molecule has 7 heteroatoms. The van der Waals surface area contributed by atoms with Gasteiger partial charge in [-0.05, 0) is 42.6 Å². The molecule has 3 rings (SSSR count). The van der Waals surface area contributed by atoms with Gasteiger partial charge in [0.1, 0.15) is 11.6 Å². The van der Waals surface area contributed by atoms with Crippen molar-refractivity contribution in [1.29, 1.82) is 0 Å². The molecule has 1 N–H and O–H groups in total. The van der Waals surface area contributed by atoms with E-state index >= 15 is 0 Å². The fourth-order valence-electron chi connectivity index (χ4n) is 2.93. The van der Waals surface area contributed by atoms with Crippen LogP contribution in [0.25, 0.3) is 0 Å². The summed E-state index contributed by atoms with van der Waals surface area (Å²) >= 11 is 6.05. The summed E-state index contributed by atoms with van der Waals surface area (Å²) in [5, 5.41) is 3.17. The lowest BCUT2D eigenvalue weighted by molar-refractivity contribution is -0.130. The lowest BCUT2D eigenvalue weighted by Crippen LogP contribution is -2.37. The van der Waals surface area contributed by atoms with E-state index in [1.165, 1.54) is 12.1 Å². The van der Waals surface area contributed by atoms with Gasteiger partial charge in [0, 0.05) is 37.7 Å². The number of carbonyl (C=O) groups excluding carboxylic acids is 1. The van der Waals surface area contributed by atoms with Gasteiger partial charge < -0.3 is 10.2 Å². The van der Waals surface area contributed by atoms with E-state index in [9.17, 15) is 9.18 Å². The van der Waals surface area contributed by atoms with Crippen LogP contribution in [0.15, 0.2) is 30.3 Å². The Labute approximate surface area is 144 Å². The summed E-state index contributed by atoms with van der Waals surface area (Å²) in [6.07, 6.45) is 1.87. The molecule has 24 heavy (non-hydrogen) atoms. The van der Waals surface area contributed by atoms with Gasteiger partial charge in [-0.3, -0.25) is 4.79 Å². The quantitative estimate of drug-likeness (QED) is 0.858. The number of benzene rings is 1. The van der Waals surface area contributed by atoms with Crippen molar-refractivity contribution in [3.8, 4) is 0 Å². The molecule has 0 saturated carbocycles. The van der Waals surface area contributed by atoms with Crippen molar-refractivity contribution in [3.05, 3.63) is 47.1 Å². The molecule has 0 aliphatic carbocycles. The highest BCUT2D eigenvalue weighted by Gasteiger charge is 2.24. The van der Waals surface area contributed by atoms with Crippen molar-refractivity contribution in [2.45, 2.75) is 25.7 Å². The molecule has 1 aromatic carbocycles. The number of hydrogen-bond acceptors (Lipinski definition) is 4. The number of nitrogens with zero attached hydrogens (tertiary/aromatic N) is 3. The first-order chi connectivity index (χ1) is 11.5. The van der Waals surface area contributed by atoms with E-state index in [2.05, 4.69) is 15.3 Å². The Morgan fingerprint density at radius 1 is 1.38 bits per heavy atom. The van der Waals surface area contributed by atoms with Crippen molar-refractivity contribution >= 4 is 29.0 Å². The first-order valence-corrected chi connectivity index (χ1v) is 8.21. The SMILES string of the molecule is CC(=O)N1CCCC(c2cc(Nc3cccc(F)c3)nc(Cl)n2)C1. The Morgan fingerprint density at radius 3 is 2.96 bits per heavy atom. The third-order valence-electron chi connectivity index (χ3n) is 4.10. The van der Waals surface area contributed by atoms with Gasteiger partial charge in [-0.15, -0.1) is 0 Å². The molecule has 1 amide bonds. The number of likely N-dealkylation sites (tertiary alicyclic amines) is 1. The third kappa shape index (κ3) is 4.00. The number of anilines is 2. The van der Waals surface area contributed by atoms with Crippen LogP contribution in [0, 0.1) is 5.82 Å². The molecule has 1 aliphatic heterocycles. The topological polar surface area (TPSA) is 58.1 Å². The number of amides is 1. The molecule has 0 bridgehead atoms. The smallest absolute Gasteiger partial charge is 0.224 e. The summed E-state index contributed by atoms with van der Waals surface area (Å²) in [4.78, 5) is 21.9. The van der Waals surface area contributed by atoms with E-state index in [0.29, 0.717) is 18.1 Å². The number of halogens is 2. The largest absolute Gasteiger partial charge is 0.342 e. The standard InChI is InChI=1S/C17H18ClFN4O/c1-11(24)23-7-3-4-12(10-23)15-9-16(22-17(18)21-15)20-14-6-2-5-13(19)8-14/h2,5-6,8-9,12H,3-4,7,10H2,1H3,(H,20,21,22). The molecule has 126 valence electrons. The van der Waals surface area contributed by atoms with Crippen LogP contribution in [0.4, 0.5) is 15.9 Å². The van der Waals surface area contributed by atoms with Gasteiger partial charge in [-0.25, -0.2) is 14.4 Å². The molecule has 2 aromatic rings. The van der Waals surface area contributed by atoms with E-state index in [1.807, 2.05) is 11.0 Å². The average molecular weight is 349 g/mol. The minimum absolute atomic E-state index is 0.0676. The highest BCUT2D eigenvalue weighted by atomic mass is 35.5. The predicted octanol–water partition coefficient (Wildman–Crippen LogP) is 3.74. The summed E-state index contributed by atoms with van der Waals surface area (Å²) in [7, 11) is 0. The summed E-state index contributed by atoms with van der Waals surface area (Å²) in [5.74, 6) is 0.370. The van der Waals surface area contributed by atoms with Crippen LogP contribution in [-0.2, 0) is 4.79 Å². The molecule has 1 aromatic heterocycles. The van der Waals surface area contributed by atoms with Gasteiger partial charge in [0.25, 0.3) is 0 Å². The lowest BCUT2D eigenvalue weighted by Gasteiger charge is -2.31. The number of aromatic nitrogens is 2. The van der Waals surface area contributed by atoms with E-state index in [1.54, 1.807) is 19.1 Å². The van der Waals surface area contributed by atoms with Crippen LogP contribution in [0.5, 0.6) is 0 Å². The van der Waals surface area contributed by atoms with Crippen molar-refractivity contribution in [2.75, 3.05) is 18.4 Å². The zero-order valence-corrected chi connectivity index (χ0v) is 14.1. The first-order valence-electron chi connectivity index (χ1n) is 7.84. The van der Waals surface area contributed by atoms with Crippen LogP contribution < -0.4 is 5.32 Å². The van der Waals surface area contributed by atoms with E-state index in [0.717, 1.165) is 25.1 Å². The van der Waals surface area contributed by atoms with Crippen LogP contribution in [0.2, 0.25) is 5.28 Å². The van der Waals surface area contributed by atoms with Gasteiger partial charge in [0.05, 0.1) is 5.69 Å². The Morgan fingerprint density at radius 2 is 2.21 bits per heavy atom. The van der Waals surface area contributed by atoms with Crippen LogP contribution >= 0.6 is 11.6 Å². The molecule has 5 nitrogen and oxygen atoms in total. The molecular weight excluding hydrogens is 331 g/mol. The zero-order chi connectivity index (χ0) is 17.1. The zero-order valence-electron chi connectivity index (χ0n) is 13.3. The molecular formula is C17H18ClFN4O. The Balaban J connectivity index is 1.82. The lowest BCUT2D eigenvalue weighted by atomic mass is 9.94. The molecule has 1 unspecified atom stereocenters. The Kier molecular flexibility index (Phi) is 4.94. The van der Waals surface area contributed by atoms with Gasteiger partial charge in [-0.1, -0.05) is 6.07 Å². The van der Waals surface area contributed by atoms with Crippen LogP contribution in [-0.4, -0.2) is 33.9 Å². The highest BCUT2D eigenvalue weighted by Crippen LogP contribution is 2.28. The fourth-order valence-corrected chi connectivity index (χ4v) is 3.12. The summed E-state index contributed by atoms with van der Waals surface area (Å²) < 4.78 is 13.3. The fraction of sp³-hybridized carbons (Fsp3) is 0.353. The van der Waals surface area contributed by atoms with E-state index in [4.69, 9.17) is 11.6 Å². The Hall–Kier alpha value is -2.21. The van der Waals surface area contributed by atoms with Crippen LogP contribution in [0.1, 0.15) is 31.4 Å². The molecule has 1 fully saturated rings. The monoisotopic (exact) mass is 348 g/mol. The highest BCUT2D eigenvalue weighted by molar-refractivity contribution is 6.28. The maximum atomic E-state index is 13.3. The third-order valence-corrected chi connectivity index (χ3v) is 4.27. The predicted molar refractivity (Wildman–Crippen MR) is 91.0 cm³/mol. The maximum absolute atomic E-state index is 13.3.